The average molecular weight is 234 g/mol. The minimum Gasteiger partial charge on any atom is -0.748 e. The van der Waals surface area contributed by atoms with Gasteiger partial charge in [0.15, 0.2) is 0 Å². The second-order valence-electron chi connectivity index (χ2n) is 1.52. The first-order valence-electron chi connectivity index (χ1n) is 2.08. The summed E-state index contributed by atoms with van der Waals surface area (Å²) in [5.74, 6) is -2.31. The fourth-order valence-corrected chi connectivity index (χ4v) is 1.84. The summed E-state index contributed by atoms with van der Waals surface area (Å²) in [7, 11) is -9.17. The Morgan fingerprint density at radius 1 is 0.750 bits per heavy atom. The molecule has 0 aromatic heterocycles. The van der Waals surface area contributed by atoms with Crippen LogP contribution < -0.4 is 59.1 Å². The van der Waals surface area contributed by atoms with Crippen LogP contribution in [0.15, 0.2) is 0 Å². The van der Waals surface area contributed by atoms with Crippen LogP contribution in [0.1, 0.15) is 0 Å². The van der Waals surface area contributed by atoms with E-state index < -0.39 is 31.7 Å². The Morgan fingerprint density at radius 2 is 0.917 bits per heavy atom. The van der Waals surface area contributed by atoms with Crippen LogP contribution in [0.4, 0.5) is 0 Å². The molecule has 0 fully saturated rings. The van der Waals surface area contributed by atoms with Crippen molar-refractivity contribution < 1.29 is 85.1 Å². The molecule has 0 spiro atoms. The average Bonchev–Trinajstić information content (AvgIpc) is 1.57. The molecule has 0 aliphatic carbocycles. The second-order valence-corrected chi connectivity index (χ2v) is 4.57. The van der Waals surface area contributed by atoms with E-state index in [-0.39, 0.29) is 59.1 Å². The number of rotatable bonds is 3. The number of hydrogen-bond acceptors (Lipinski definition) is 6. The van der Waals surface area contributed by atoms with Crippen molar-refractivity contribution in [2.24, 2.45) is 0 Å². The van der Waals surface area contributed by atoms with Gasteiger partial charge in [-0.15, -0.1) is 0 Å². The number of hydrogen-bond donors (Lipinski definition) is 0. The Kier molecular flexibility index (Phi) is 11.6. The van der Waals surface area contributed by atoms with Crippen LogP contribution in [-0.4, -0.2) is 37.4 Å². The maximum Gasteiger partial charge on any atom is 1.00 e. The Labute approximate surface area is 115 Å². The molecular weight excluding hydrogens is 230 g/mol. The molecule has 0 heterocycles. The van der Waals surface area contributed by atoms with Crippen LogP contribution in [0.3, 0.4) is 0 Å². The van der Waals surface area contributed by atoms with Gasteiger partial charge in [-0.3, -0.25) is 0 Å². The summed E-state index contributed by atoms with van der Waals surface area (Å²) in [5.41, 5.74) is 0. The molecule has 0 unspecified atom stereocenters. The van der Waals surface area contributed by atoms with Gasteiger partial charge in [0, 0.05) is 0 Å². The maximum absolute atomic E-state index is 9.72. The van der Waals surface area contributed by atoms with E-state index in [1.165, 1.54) is 0 Å². The van der Waals surface area contributed by atoms with E-state index in [4.69, 9.17) is 0 Å². The van der Waals surface area contributed by atoms with Gasteiger partial charge in [-0.05, 0) is 0 Å². The quantitative estimate of drug-likeness (QED) is 0.354. The minimum absolute atomic E-state index is 0. The molecular formula is C2H4Na2O6S2. The molecule has 0 radical (unpaired) electrons. The fourth-order valence-electron chi connectivity index (χ4n) is 0.204. The molecule has 6 nitrogen and oxygen atoms in total. The zero-order valence-corrected chi connectivity index (χ0v) is 12.3. The van der Waals surface area contributed by atoms with Crippen LogP contribution in [0.2, 0.25) is 0 Å². The van der Waals surface area contributed by atoms with Gasteiger partial charge in [0.1, 0.15) is 0 Å². The van der Waals surface area contributed by atoms with Crippen LogP contribution in [0, 0.1) is 0 Å². The van der Waals surface area contributed by atoms with Gasteiger partial charge >= 0.3 is 59.1 Å². The molecule has 0 saturated heterocycles. The molecule has 0 atom stereocenters. The maximum atomic E-state index is 9.72. The van der Waals surface area contributed by atoms with Gasteiger partial charge in [-0.25, -0.2) is 16.8 Å². The van der Waals surface area contributed by atoms with Crippen LogP contribution >= 0.6 is 0 Å². The summed E-state index contributed by atoms with van der Waals surface area (Å²) in [5, 5.41) is 0. The summed E-state index contributed by atoms with van der Waals surface area (Å²) >= 11 is 0. The molecule has 0 bridgehead atoms. The molecule has 0 aliphatic rings. The smallest absolute Gasteiger partial charge is 0.748 e. The molecule has 10 heteroatoms. The van der Waals surface area contributed by atoms with E-state index in [1.807, 2.05) is 0 Å². The van der Waals surface area contributed by atoms with E-state index in [0.717, 1.165) is 0 Å². The van der Waals surface area contributed by atoms with Gasteiger partial charge in [-0.2, -0.15) is 0 Å². The molecule has 62 valence electrons. The van der Waals surface area contributed by atoms with E-state index >= 15 is 0 Å². The molecule has 0 amide bonds. The minimum atomic E-state index is -4.59. The fraction of sp³-hybridized carbons (Fsp3) is 1.00. The largest absolute Gasteiger partial charge is 1.00 e. The standard InChI is InChI=1S/C2H6O6S2.2Na/c3-9(4,5)1-2-10(6,7)8;;/h1-2H2,(H,3,4,5)(H,6,7,8);;/q;2*+1/p-2. The molecule has 0 aromatic carbocycles. The predicted molar refractivity (Wildman–Crippen MR) is 29.1 cm³/mol. The normalized spacial score (nSPS) is 11.2. The van der Waals surface area contributed by atoms with Crippen molar-refractivity contribution >= 4 is 20.2 Å². The van der Waals surface area contributed by atoms with Crippen LogP contribution in [0.25, 0.3) is 0 Å². The van der Waals surface area contributed by atoms with Gasteiger partial charge in [0.2, 0.25) is 0 Å². The molecule has 0 rings (SSSR count). The first-order valence-corrected chi connectivity index (χ1v) is 5.23. The molecule has 0 aromatic rings. The first-order chi connectivity index (χ1) is 4.21. The summed E-state index contributed by atoms with van der Waals surface area (Å²) in [6, 6.07) is 0. The molecule has 0 saturated carbocycles. The van der Waals surface area contributed by atoms with E-state index in [9.17, 15) is 25.9 Å². The second kappa shape index (κ2) is 7.16. The van der Waals surface area contributed by atoms with Crippen molar-refractivity contribution in [1.82, 2.24) is 0 Å². The van der Waals surface area contributed by atoms with Crippen molar-refractivity contribution in [3.8, 4) is 0 Å². The summed E-state index contributed by atoms with van der Waals surface area (Å²) < 4.78 is 58.3. The van der Waals surface area contributed by atoms with E-state index in [2.05, 4.69) is 0 Å². The molecule has 0 N–H and O–H groups in total. The van der Waals surface area contributed by atoms with Crippen molar-refractivity contribution in [1.29, 1.82) is 0 Å². The zero-order valence-electron chi connectivity index (χ0n) is 6.68. The monoisotopic (exact) mass is 234 g/mol. The van der Waals surface area contributed by atoms with E-state index in [0.29, 0.717) is 0 Å². The third kappa shape index (κ3) is 17.8. The van der Waals surface area contributed by atoms with Crippen molar-refractivity contribution in [3.63, 3.8) is 0 Å². The summed E-state index contributed by atoms with van der Waals surface area (Å²) in [6.45, 7) is 0. The topological polar surface area (TPSA) is 114 Å². The van der Waals surface area contributed by atoms with Crippen LogP contribution in [0.5, 0.6) is 0 Å². The van der Waals surface area contributed by atoms with Crippen molar-refractivity contribution in [2.75, 3.05) is 11.5 Å². The Balaban J connectivity index is -0.000000405. The molecule has 12 heavy (non-hydrogen) atoms. The SMILES string of the molecule is O=S(=O)([O-])CCS(=O)(=O)[O-].[Na+].[Na+]. The zero-order chi connectivity index (χ0) is 8.41. The van der Waals surface area contributed by atoms with Gasteiger partial charge in [0.05, 0.1) is 31.7 Å². The Morgan fingerprint density at radius 3 is 1.00 bits per heavy atom. The van der Waals surface area contributed by atoms with Gasteiger partial charge in [0.25, 0.3) is 0 Å². The third-order valence-electron chi connectivity index (χ3n) is 0.583. The Bertz CT molecular complexity index is 258. The first kappa shape index (κ1) is 19.4. The predicted octanol–water partition coefficient (Wildman–Crippen LogP) is -7.92. The van der Waals surface area contributed by atoms with Crippen molar-refractivity contribution in [2.45, 2.75) is 0 Å². The molecule has 0 aliphatic heterocycles. The van der Waals surface area contributed by atoms with Gasteiger partial charge < -0.3 is 9.11 Å². The summed E-state index contributed by atoms with van der Waals surface area (Å²) in [6.07, 6.45) is 0. The summed E-state index contributed by atoms with van der Waals surface area (Å²) in [4.78, 5) is 0. The third-order valence-corrected chi connectivity index (χ3v) is 2.25. The Hall–Kier alpha value is 1.82. The van der Waals surface area contributed by atoms with Crippen molar-refractivity contribution in [3.05, 3.63) is 0 Å². The van der Waals surface area contributed by atoms with Crippen LogP contribution in [-0.2, 0) is 20.2 Å². The van der Waals surface area contributed by atoms with Gasteiger partial charge in [-0.1, -0.05) is 0 Å². The van der Waals surface area contributed by atoms with E-state index in [1.54, 1.807) is 0 Å².